The monoisotopic (exact) mass is 614 g/mol. The van der Waals surface area contributed by atoms with E-state index in [1.165, 1.54) is 17.4 Å². The highest BCUT2D eigenvalue weighted by atomic mass is 16.5. The van der Waals surface area contributed by atoms with Crippen molar-refractivity contribution in [3.8, 4) is 11.1 Å². The second kappa shape index (κ2) is 12.0. The van der Waals surface area contributed by atoms with Gasteiger partial charge in [-0.2, -0.15) is 0 Å². The molecule has 3 aromatic carbocycles. The van der Waals surface area contributed by atoms with Crippen LogP contribution in [-0.4, -0.2) is 71.1 Å². The Kier molecular flexibility index (Phi) is 7.70. The number of amides is 3. The van der Waals surface area contributed by atoms with Crippen molar-refractivity contribution in [2.24, 2.45) is 0 Å². The highest BCUT2D eigenvalue weighted by Crippen LogP contribution is 2.37. The predicted octanol–water partition coefficient (Wildman–Crippen LogP) is 5.26. The Morgan fingerprint density at radius 1 is 0.891 bits per heavy atom. The van der Waals surface area contributed by atoms with Crippen LogP contribution in [0.3, 0.4) is 0 Å². The average Bonchev–Trinajstić information content (AvgIpc) is 3.37. The standard InChI is InChI=1S/C37H34N4O5/c1-3-35(43)40-13-12-24-8-9-25(18-27(24)22-40)30-20-28(21-34-36(44)29-6-4-5-7-33(29)41(34)23(2)42)38-32-11-10-26(19-31(30)32)37(45)39-14-16-46-17-15-39/h4-11,18-21H,3,12-17,22H2,1-2H3/b34-21-. The van der Waals surface area contributed by atoms with Crippen LogP contribution < -0.4 is 4.90 Å². The number of benzene rings is 3. The molecule has 232 valence electrons. The molecular weight excluding hydrogens is 580 g/mol. The maximum Gasteiger partial charge on any atom is 0.254 e. The minimum absolute atomic E-state index is 0.0621. The summed E-state index contributed by atoms with van der Waals surface area (Å²) >= 11 is 0. The summed E-state index contributed by atoms with van der Waals surface area (Å²) in [6.45, 7) is 6.65. The normalized spacial score (nSPS) is 17.0. The Labute approximate surface area is 267 Å². The lowest BCUT2D eigenvalue weighted by Crippen LogP contribution is -2.40. The Bertz CT molecular complexity index is 1960. The molecule has 0 N–H and O–H groups in total. The molecule has 0 spiro atoms. The molecule has 9 nitrogen and oxygen atoms in total. The molecule has 1 aromatic heterocycles. The number of pyridine rings is 1. The van der Waals surface area contributed by atoms with Gasteiger partial charge in [-0.1, -0.05) is 31.2 Å². The van der Waals surface area contributed by atoms with E-state index in [1.54, 1.807) is 41.3 Å². The van der Waals surface area contributed by atoms with Gasteiger partial charge in [0.15, 0.2) is 0 Å². The maximum absolute atomic E-state index is 13.5. The second-order valence-corrected chi connectivity index (χ2v) is 11.9. The van der Waals surface area contributed by atoms with E-state index in [0.717, 1.165) is 28.5 Å². The number of carbonyl (C=O) groups is 4. The van der Waals surface area contributed by atoms with Crippen molar-refractivity contribution in [2.75, 3.05) is 37.7 Å². The first-order chi connectivity index (χ1) is 22.3. The first-order valence-corrected chi connectivity index (χ1v) is 15.7. The van der Waals surface area contributed by atoms with Crippen LogP contribution in [0.4, 0.5) is 5.69 Å². The van der Waals surface area contributed by atoms with Gasteiger partial charge >= 0.3 is 0 Å². The van der Waals surface area contributed by atoms with Crippen LogP contribution in [0.2, 0.25) is 0 Å². The van der Waals surface area contributed by atoms with Crippen molar-refractivity contribution >= 4 is 46.2 Å². The number of aromatic nitrogens is 1. The molecule has 3 aliphatic heterocycles. The number of anilines is 1. The average molecular weight is 615 g/mol. The summed E-state index contributed by atoms with van der Waals surface area (Å²) in [6.07, 6.45) is 2.92. The molecule has 0 aliphatic carbocycles. The number of carbonyl (C=O) groups excluding carboxylic acids is 4. The number of ketones is 1. The van der Waals surface area contributed by atoms with Gasteiger partial charge in [0.25, 0.3) is 5.91 Å². The van der Waals surface area contributed by atoms with E-state index < -0.39 is 0 Å². The van der Waals surface area contributed by atoms with Crippen molar-refractivity contribution in [3.63, 3.8) is 0 Å². The molecule has 1 fully saturated rings. The molecule has 4 aromatic rings. The van der Waals surface area contributed by atoms with Gasteiger partial charge in [0, 0.05) is 56.0 Å². The Morgan fingerprint density at radius 2 is 1.70 bits per heavy atom. The van der Waals surface area contributed by atoms with E-state index >= 15 is 0 Å². The molecule has 0 atom stereocenters. The van der Waals surface area contributed by atoms with Gasteiger partial charge in [-0.3, -0.25) is 24.1 Å². The maximum atomic E-state index is 13.5. The van der Waals surface area contributed by atoms with E-state index in [2.05, 4.69) is 18.2 Å². The van der Waals surface area contributed by atoms with Crippen LogP contribution in [0.25, 0.3) is 28.1 Å². The summed E-state index contributed by atoms with van der Waals surface area (Å²) < 4.78 is 5.44. The van der Waals surface area contributed by atoms with Gasteiger partial charge in [0.05, 0.1) is 35.8 Å². The number of rotatable bonds is 4. The summed E-state index contributed by atoms with van der Waals surface area (Å²) in [6, 6.07) is 20.8. The van der Waals surface area contributed by atoms with Crippen LogP contribution in [0.15, 0.2) is 72.4 Å². The number of hydrogen-bond donors (Lipinski definition) is 0. The van der Waals surface area contributed by atoms with Crippen LogP contribution in [0.1, 0.15) is 57.8 Å². The minimum Gasteiger partial charge on any atom is -0.378 e. The number of ether oxygens (including phenoxy) is 1. The van der Waals surface area contributed by atoms with Crippen molar-refractivity contribution in [1.82, 2.24) is 14.8 Å². The summed E-state index contributed by atoms with van der Waals surface area (Å²) in [5.74, 6) is -0.441. The zero-order valence-electron chi connectivity index (χ0n) is 25.9. The molecular formula is C37H34N4O5. The number of Topliss-reactive ketones (excluding diaryl/α,β-unsaturated/α-hetero) is 1. The van der Waals surface area contributed by atoms with Crippen molar-refractivity contribution in [2.45, 2.75) is 33.2 Å². The number of morpholine rings is 1. The number of nitrogens with zero attached hydrogens (tertiary/aromatic N) is 4. The third-order valence-electron chi connectivity index (χ3n) is 9.02. The van der Waals surface area contributed by atoms with E-state index in [9.17, 15) is 19.2 Å². The van der Waals surface area contributed by atoms with Gasteiger partial charge in [-0.25, -0.2) is 4.98 Å². The molecule has 3 amide bonds. The Balaban J connectivity index is 1.37. The van der Waals surface area contributed by atoms with Crippen molar-refractivity contribution in [1.29, 1.82) is 0 Å². The fraction of sp³-hybridized carbons (Fsp3) is 0.270. The van der Waals surface area contributed by atoms with Gasteiger partial charge in [-0.15, -0.1) is 0 Å². The highest BCUT2D eigenvalue weighted by Gasteiger charge is 2.34. The third-order valence-corrected chi connectivity index (χ3v) is 9.02. The lowest BCUT2D eigenvalue weighted by Gasteiger charge is -2.29. The molecule has 3 aliphatic rings. The molecule has 1 saturated heterocycles. The van der Waals surface area contributed by atoms with Gasteiger partial charge in [0.1, 0.15) is 0 Å². The van der Waals surface area contributed by atoms with E-state index in [1.807, 2.05) is 30.0 Å². The predicted molar refractivity (Wildman–Crippen MR) is 175 cm³/mol. The van der Waals surface area contributed by atoms with E-state index in [0.29, 0.717) is 73.8 Å². The smallest absolute Gasteiger partial charge is 0.254 e. The minimum atomic E-state index is -0.266. The molecule has 7 rings (SSSR count). The summed E-state index contributed by atoms with van der Waals surface area (Å²) in [5.41, 5.74) is 7.04. The highest BCUT2D eigenvalue weighted by molar-refractivity contribution is 6.26. The summed E-state index contributed by atoms with van der Waals surface area (Å²) in [4.78, 5) is 62.3. The van der Waals surface area contributed by atoms with E-state index in [4.69, 9.17) is 9.72 Å². The van der Waals surface area contributed by atoms with Crippen LogP contribution in [0, 0.1) is 0 Å². The van der Waals surface area contributed by atoms with Crippen LogP contribution in [0.5, 0.6) is 0 Å². The zero-order chi connectivity index (χ0) is 31.9. The second-order valence-electron chi connectivity index (χ2n) is 11.9. The Hall–Kier alpha value is -5.15. The number of fused-ring (bicyclic) bond motifs is 3. The number of allylic oxidation sites excluding steroid dienone is 1. The quantitative estimate of drug-likeness (QED) is 0.291. The largest absolute Gasteiger partial charge is 0.378 e. The number of para-hydroxylation sites is 1. The number of hydrogen-bond acceptors (Lipinski definition) is 6. The first kappa shape index (κ1) is 29.6. The van der Waals surface area contributed by atoms with Crippen molar-refractivity contribution in [3.05, 3.63) is 100 Å². The van der Waals surface area contributed by atoms with Crippen LogP contribution in [-0.2, 0) is 27.3 Å². The lowest BCUT2D eigenvalue weighted by atomic mass is 9.92. The van der Waals surface area contributed by atoms with Gasteiger partial charge in [0.2, 0.25) is 17.6 Å². The van der Waals surface area contributed by atoms with Gasteiger partial charge < -0.3 is 14.5 Å². The summed E-state index contributed by atoms with van der Waals surface area (Å²) in [5, 5.41) is 0.794. The lowest BCUT2D eigenvalue weighted by molar-refractivity contribution is -0.131. The van der Waals surface area contributed by atoms with E-state index in [-0.39, 0.29) is 29.2 Å². The molecule has 9 heteroatoms. The Morgan fingerprint density at radius 3 is 2.48 bits per heavy atom. The van der Waals surface area contributed by atoms with Crippen molar-refractivity contribution < 1.29 is 23.9 Å². The zero-order valence-corrected chi connectivity index (χ0v) is 25.9. The summed E-state index contributed by atoms with van der Waals surface area (Å²) in [7, 11) is 0. The topological polar surface area (TPSA) is 100 Å². The molecule has 4 heterocycles. The van der Waals surface area contributed by atoms with Crippen LogP contribution >= 0.6 is 0 Å². The third kappa shape index (κ3) is 5.26. The molecule has 0 bridgehead atoms. The molecule has 0 radical (unpaired) electrons. The molecule has 0 unspecified atom stereocenters. The van der Waals surface area contributed by atoms with Gasteiger partial charge in [-0.05, 0) is 77.2 Å². The molecule has 0 saturated carbocycles. The molecule has 46 heavy (non-hydrogen) atoms. The SMILES string of the molecule is CCC(=O)N1CCc2ccc(-c3cc(/C=C4/C(=O)c5ccccc5N4C(C)=O)nc4ccc(C(=O)N5CCOCC5)cc34)cc2C1. The first-order valence-electron chi connectivity index (χ1n) is 15.7. The fourth-order valence-electron chi connectivity index (χ4n) is 6.64. The fourth-order valence-corrected chi connectivity index (χ4v) is 6.64.